The molecule has 2 aromatic heterocycles. The second kappa shape index (κ2) is 9.93. The van der Waals surface area contributed by atoms with Gasteiger partial charge in [-0.05, 0) is 44.4 Å². The minimum atomic E-state index is -0.271. The molecule has 1 saturated heterocycles. The van der Waals surface area contributed by atoms with Crippen molar-refractivity contribution in [1.29, 1.82) is 0 Å². The van der Waals surface area contributed by atoms with Gasteiger partial charge in [0.15, 0.2) is 0 Å². The Morgan fingerprint density at radius 1 is 1.00 bits per heavy atom. The number of amides is 1. The molecule has 0 atom stereocenters. The molecule has 0 spiro atoms. The number of aryl methyl sites for hydroxylation is 2. The third-order valence-corrected chi connectivity index (χ3v) is 7.90. The van der Waals surface area contributed by atoms with E-state index in [2.05, 4.69) is 14.6 Å². The molecular formula is C27H34FN5O2. The number of nitrogens with zero attached hydrogens (tertiary/aromatic N) is 5. The Labute approximate surface area is 205 Å². The van der Waals surface area contributed by atoms with E-state index in [4.69, 9.17) is 0 Å². The number of aromatic nitrogens is 3. The van der Waals surface area contributed by atoms with E-state index < -0.39 is 0 Å². The Morgan fingerprint density at radius 3 is 2.37 bits per heavy atom. The molecule has 5 rings (SSSR count). The van der Waals surface area contributed by atoms with Crippen LogP contribution < -0.4 is 5.56 Å². The van der Waals surface area contributed by atoms with Gasteiger partial charge in [0.05, 0.1) is 11.6 Å². The molecule has 0 unspecified atom stereocenters. The molecule has 1 aliphatic heterocycles. The fourth-order valence-electron chi connectivity index (χ4n) is 5.78. The molecule has 2 fully saturated rings. The maximum absolute atomic E-state index is 13.3. The first-order valence-electron chi connectivity index (χ1n) is 12.7. The van der Waals surface area contributed by atoms with Crippen molar-refractivity contribution in [2.45, 2.75) is 65.1 Å². The quantitative estimate of drug-likeness (QED) is 0.562. The van der Waals surface area contributed by atoms with Gasteiger partial charge in [0.1, 0.15) is 12.4 Å². The molecule has 0 radical (unpaired) electrons. The van der Waals surface area contributed by atoms with E-state index in [-0.39, 0.29) is 23.8 Å². The second-order valence-corrected chi connectivity index (χ2v) is 9.99. The van der Waals surface area contributed by atoms with Gasteiger partial charge in [-0.15, -0.1) is 0 Å². The normalized spacial score (nSPS) is 17.9. The van der Waals surface area contributed by atoms with Gasteiger partial charge in [-0.3, -0.25) is 14.5 Å². The van der Waals surface area contributed by atoms with Crippen LogP contribution in [-0.4, -0.2) is 62.3 Å². The SMILES string of the molecule is Cc1c2cnn(CC(=O)N3CCN(C4CCCCC4)CC3)c(=O)c2c(C)n1Cc1ccc(F)cc1. The molecule has 2 aliphatic rings. The van der Waals surface area contributed by atoms with Crippen molar-refractivity contribution < 1.29 is 9.18 Å². The Balaban J connectivity index is 1.30. The van der Waals surface area contributed by atoms with Crippen molar-refractivity contribution in [3.05, 3.63) is 63.6 Å². The van der Waals surface area contributed by atoms with Crippen LogP contribution in [0.15, 0.2) is 35.3 Å². The van der Waals surface area contributed by atoms with Crippen molar-refractivity contribution >= 4 is 16.7 Å². The average molecular weight is 480 g/mol. The van der Waals surface area contributed by atoms with E-state index in [0.29, 0.717) is 31.1 Å². The predicted octanol–water partition coefficient (Wildman–Crippen LogP) is 3.48. The minimum Gasteiger partial charge on any atom is -0.343 e. The summed E-state index contributed by atoms with van der Waals surface area (Å²) in [4.78, 5) is 30.8. The first-order chi connectivity index (χ1) is 16.9. The highest BCUT2D eigenvalue weighted by Gasteiger charge is 2.27. The predicted molar refractivity (Wildman–Crippen MR) is 134 cm³/mol. The Morgan fingerprint density at radius 2 is 1.69 bits per heavy atom. The van der Waals surface area contributed by atoms with Crippen LogP contribution >= 0.6 is 0 Å². The molecular weight excluding hydrogens is 445 g/mol. The zero-order valence-electron chi connectivity index (χ0n) is 20.7. The lowest BCUT2D eigenvalue weighted by Gasteiger charge is -2.40. The van der Waals surface area contributed by atoms with E-state index in [9.17, 15) is 14.0 Å². The molecule has 8 heteroatoms. The molecule has 1 saturated carbocycles. The summed E-state index contributed by atoms with van der Waals surface area (Å²) in [7, 11) is 0. The van der Waals surface area contributed by atoms with Gasteiger partial charge < -0.3 is 9.47 Å². The van der Waals surface area contributed by atoms with E-state index >= 15 is 0 Å². The highest BCUT2D eigenvalue weighted by atomic mass is 19.1. The molecule has 1 aromatic carbocycles. The lowest BCUT2D eigenvalue weighted by Crippen LogP contribution is -2.53. The van der Waals surface area contributed by atoms with Gasteiger partial charge in [0.25, 0.3) is 5.56 Å². The summed E-state index contributed by atoms with van der Waals surface area (Å²) in [6.45, 7) is 7.59. The fraction of sp³-hybridized carbons (Fsp3) is 0.519. The number of carbonyl (C=O) groups excluding carboxylic acids is 1. The van der Waals surface area contributed by atoms with Gasteiger partial charge in [0, 0.05) is 55.5 Å². The number of rotatable bonds is 5. The number of hydrogen-bond acceptors (Lipinski definition) is 4. The van der Waals surface area contributed by atoms with Gasteiger partial charge in [-0.25, -0.2) is 9.07 Å². The van der Waals surface area contributed by atoms with Crippen molar-refractivity contribution in [3.63, 3.8) is 0 Å². The highest BCUT2D eigenvalue weighted by molar-refractivity contribution is 5.87. The molecule has 1 aliphatic carbocycles. The van der Waals surface area contributed by atoms with Crippen LogP contribution in [0.5, 0.6) is 0 Å². The number of fused-ring (bicyclic) bond motifs is 1. The Bertz CT molecular complexity index is 1270. The molecule has 0 bridgehead atoms. The number of halogens is 1. The molecule has 35 heavy (non-hydrogen) atoms. The van der Waals surface area contributed by atoms with Crippen LogP contribution in [0.1, 0.15) is 49.1 Å². The number of hydrogen-bond donors (Lipinski definition) is 0. The average Bonchev–Trinajstić information content (AvgIpc) is 3.12. The molecule has 3 heterocycles. The van der Waals surface area contributed by atoms with Gasteiger partial charge in [-0.2, -0.15) is 5.10 Å². The van der Waals surface area contributed by atoms with Crippen LogP contribution in [0.3, 0.4) is 0 Å². The van der Waals surface area contributed by atoms with Crippen molar-refractivity contribution in [1.82, 2.24) is 24.1 Å². The summed E-state index contributed by atoms with van der Waals surface area (Å²) in [6.07, 6.45) is 8.20. The Hall–Kier alpha value is -3.00. The molecule has 1 amide bonds. The van der Waals surface area contributed by atoms with Crippen molar-refractivity contribution in [3.8, 4) is 0 Å². The van der Waals surface area contributed by atoms with E-state index in [1.54, 1.807) is 18.3 Å². The van der Waals surface area contributed by atoms with Crippen LogP contribution in [0.25, 0.3) is 10.8 Å². The summed E-state index contributed by atoms with van der Waals surface area (Å²) in [6, 6.07) is 7.05. The highest BCUT2D eigenvalue weighted by Crippen LogP contribution is 2.24. The Kier molecular flexibility index (Phi) is 6.73. The lowest BCUT2D eigenvalue weighted by molar-refractivity contribution is -0.134. The summed E-state index contributed by atoms with van der Waals surface area (Å²) in [5.41, 5.74) is 2.48. The van der Waals surface area contributed by atoms with E-state index in [1.807, 2.05) is 18.7 Å². The lowest BCUT2D eigenvalue weighted by atomic mass is 9.94. The number of benzene rings is 1. The largest absolute Gasteiger partial charge is 0.343 e. The van der Waals surface area contributed by atoms with Crippen molar-refractivity contribution in [2.24, 2.45) is 0 Å². The third-order valence-electron chi connectivity index (χ3n) is 7.90. The first-order valence-corrected chi connectivity index (χ1v) is 12.7. The molecule has 3 aromatic rings. The van der Waals surface area contributed by atoms with Crippen molar-refractivity contribution in [2.75, 3.05) is 26.2 Å². The number of carbonyl (C=O) groups is 1. The van der Waals surface area contributed by atoms with E-state index in [0.717, 1.165) is 35.4 Å². The van der Waals surface area contributed by atoms with Gasteiger partial charge in [0.2, 0.25) is 5.91 Å². The zero-order valence-corrected chi connectivity index (χ0v) is 20.7. The second-order valence-electron chi connectivity index (χ2n) is 9.99. The summed E-state index contributed by atoms with van der Waals surface area (Å²) < 4.78 is 16.7. The van der Waals surface area contributed by atoms with Crippen LogP contribution in [0.2, 0.25) is 0 Å². The molecule has 0 N–H and O–H groups in total. The van der Waals surface area contributed by atoms with Crippen LogP contribution in [-0.2, 0) is 17.9 Å². The molecule has 186 valence electrons. The van der Waals surface area contributed by atoms with E-state index in [1.165, 1.54) is 48.9 Å². The first kappa shape index (κ1) is 23.7. The van der Waals surface area contributed by atoms with Crippen LogP contribution in [0, 0.1) is 19.7 Å². The standard InChI is InChI=1S/C27H34FN5O2/c1-19-24-16-29-33(18-25(34)31-14-12-30(13-15-31)23-6-4-3-5-7-23)27(35)26(24)20(2)32(19)17-21-8-10-22(28)11-9-21/h8-11,16,23H,3-7,12-15,17-18H2,1-2H3. The summed E-state index contributed by atoms with van der Waals surface area (Å²) >= 11 is 0. The van der Waals surface area contributed by atoms with Gasteiger partial charge in [-0.1, -0.05) is 31.4 Å². The monoisotopic (exact) mass is 479 g/mol. The number of piperazine rings is 1. The topological polar surface area (TPSA) is 63.4 Å². The maximum Gasteiger partial charge on any atom is 0.276 e. The minimum absolute atomic E-state index is 0.0418. The fourth-order valence-corrected chi connectivity index (χ4v) is 5.78. The van der Waals surface area contributed by atoms with Gasteiger partial charge >= 0.3 is 0 Å². The summed E-state index contributed by atoms with van der Waals surface area (Å²) in [5.74, 6) is -0.325. The molecule has 7 nitrogen and oxygen atoms in total. The summed E-state index contributed by atoms with van der Waals surface area (Å²) in [5, 5.41) is 5.73. The van der Waals surface area contributed by atoms with Crippen LogP contribution in [0.4, 0.5) is 4.39 Å². The maximum atomic E-state index is 13.3. The smallest absolute Gasteiger partial charge is 0.276 e. The third kappa shape index (κ3) is 4.76. The zero-order chi connectivity index (χ0) is 24.5.